The summed E-state index contributed by atoms with van der Waals surface area (Å²) in [5, 5.41) is 0. The van der Waals surface area contributed by atoms with E-state index in [1.54, 1.807) is 0 Å². The number of hydrogen-bond acceptors (Lipinski definition) is 4. The zero-order chi connectivity index (χ0) is 41.0. The van der Waals surface area contributed by atoms with Gasteiger partial charge in [-0.05, 0) is 114 Å². The van der Waals surface area contributed by atoms with Gasteiger partial charge >= 0.3 is 0 Å². The van der Waals surface area contributed by atoms with Gasteiger partial charge in [0.05, 0.1) is 5.69 Å². The van der Waals surface area contributed by atoms with Gasteiger partial charge in [0, 0.05) is 59.8 Å². The summed E-state index contributed by atoms with van der Waals surface area (Å²) in [4.78, 5) is 28.4. The average Bonchev–Trinajstić information content (AvgIpc) is 3.95. The van der Waals surface area contributed by atoms with Crippen molar-refractivity contribution in [3.8, 4) is 44.5 Å². The molecule has 58 heavy (non-hydrogen) atoms. The average molecular weight is 763 g/mol. The summed E-state index contributed by atoms with van der Waals surface area (Å²) in [6, 6.07) is 28.6. The van der Waals surface area contributed by atoms with Gasteiger partial charge in [-0.1, -0.05) is 129 Å². The topological polar surface area (TPSA) is 58.8 Å². The van der Waals surface area contributed by atoms with Crippen LogP contribution in [0.25, 0.3) is 50.1 Å². The van der Waals surface area contributed by atoms with Crippen molar-refractivity contribution >= 4 is 17.2 Å². The Morgan fingerprint density at radius 2 is 0.983 bits per heavy atom. The van der Waals surface area contributed by atoms with Gasteiger partial charge < -0.3 is 4.90 Å². The molecule has 4 heterocycles. The third-order valence-electron chi connectivity index (χ3n) is 11.7. The minimum absolute atomic E-state index is 0.0140. The first kappa shape index (κ1) is 38.9. The molecule has 6 aromatic rings. The lowest BCUT2D eigenvalue weighted by Gasteiger charge is -2.27. The van der Waals surface area contributed by atoms with E-state index in [-0.39, 0.29) is 28.1 Å². The van der Waals surface area contributed by atoms with E-state index < -0.39 is 0 Å². The number of amides is 1. The first-order valence-corrected chi connectivity index (χ1v) is 20.5. The Bertz CT molecular complexity index is 2570. The highest BCUT2D eigenvalue weighted by Crippen LogP contribution is 2.45. The van der Waals surface area contributed by atoms with Crippen LogP contribution in [0.3, 0.4) is 0 Å². The van der Waals surface area contributed by atoms with Crippen LogP contribution >= 0.6 is 0 Å². The van der Waals surface area contributed by atoms with Crippen molar-refractivity contribution in [1.29, 1.82) is 0 Å². The van der Waals surface area contributed by atoms with Crippen molar-refractivity contribution in [2.24, 2.45) is 0 Å². The second-order valence-electron chi connectivity index (χ2n) is 19.0. The lowest BCUT2D eigenvalue weighted by Crippen LogP contribution is -2.16. The number of carbonyl (C=O) groups excluding carboxylic acids is 1. The second kappa shape index (κ2) is 14.8. The summed E-state index contributed by atoms with van der Waals surface area (Å²) in [5.41, 5.74) is 17.2. The molecule has 8 rings (SSSR count). The fraction of sp³-hybridized carbons (Fsp3) is 0.283. The molecule has 0 N–H and O–H groups in total. The molecule has 1 saturated heterocycles. The Labute approximate surface area is 344 Å². The van der Waals surface area contributed by atoms with Gasteiger partial charge in [-0.2, -0.15) is 0 Å². The number of allylic oxidation sites excluding steroid dienone is 4. The fourth-order valence-electron chi connectivity index (χ4n) is 8.49. The Hall–Kier alpha value is -5.94. The highest BCUT2D eigenvalue weighted by Gasteiger charge is 2.35. The Kier molecular flexibility index (Phi) is 9.91. The Morgan fingerprint density at radius 3 is 1.43 bits per heavy atom. The summed E-state index contributed by atoms with van der Waals surface area (Å²) < 4.78 is 0. The number of hydrogen-bond donors (Lipinski definition) is 0. The second-order valence-corrected chi connectivity index (χ2v) is 19.0. The first-order valence-electron chi connectivity index (χ1n) is 20.5. The molecule has 1 unspecified atom stereocenters. The van der Waals surface area contributed by atoms with Crippen molar-refractivity contribution in [2.75, 3.05) is 11.4 Å². The molecular formula is C53H54N4O. The van der Waals surface area contributed by atoms with Crippen molar-refractivity contribution in [2.45, 2.75) is 90.9 Å². The number of nitrogens with zero attached hydrogens (tertiary/aromatic N) is 4. The zero-order valence-electron chi connectivity index (χ0n) is 35.4. The van der Waals surface area contributed by atoms with E-state index in [1.165, 1.54) is 27.8 Å². The lowest BCUT2D eigenvalue weighted by molar-refractivity contribution is -0.109. The summed E-state index contributed by atoms with van der Waals surface area (Å²) >= 11 is 0. The standard InChI is InChI=1S/C53H54N4O/c1-51(2,3)46-22-25-54-30-43(46)37-16-10-34(11-17-37)40-28-42(36-14-20-39(21-15-36)45-32-56-27-24-48(45)53(7,8)9)49(57-33-50(57)58)29-41(40)35-12-18-38(19-13-35)44-31-55-26-23-47(44)52(4,5)6/h10-16,18-32,37H,17,33H2,1-9H3. The quantitative estimate of drug-likeness (QED) is 0.152. The molecule has 3 aromatic heterocycles. The third kappa shape index (κ3) is 7.70. The first-order chi connectivity index (χ1) is 27.6. The van der Waals surface area contributed by atoms with Crippen LogP contribution in [-0.2, 0) is 21.0 Å². The molecule has 2 aliphatic rings. The van der Waals surface area contributed by atoms with Gasteiger partial charge in [0.25, 0.3) is 0 Å². The molecule has 1 fully saturated rings. The van der Waals surface area contributed by atoms with Crippen LogP contribution in [0.15, 0.2) is 134 Å². The summed E-state index contributed by atoms with van der Waals surface area (Å²) in [5.74, 6) is 0.368. The van der Waals surface area contributed by atoms with Crippen LogP contribution in [0.2, 0.25) is 0 Å². The van der Waals surface area contributed by atoms with Gasteiger partial charge in [0.15, 0.2) is 0 Å². The zero-order valence-corrected chi connectivity index (χ0v) is 35.4. The maximum absolute atomic E-state index is 12.9. The monoisotopic (exact) mass is 762 g/mol. The third-order valence-corrected chi connectivity index (χ3v) is 11.7. The van der Waals surface area contributed by atoms with E-state index in [9.17, 15) is 4.79 Å². The number of benzene rings is 3. The summed E-state index contributed by atoms with van der Waals surface area (Å²) in [6.07, 6.45) is 19.5. The van der Waals surface area contributed by atoms with E-state index in [2.05, 4.69) is 174 Å². The van der Waals surface area contributed by atoms with Gasteiger partial charge in [-0.25, -0.2) is 0 Å². The Morgan fingerprint density at radius 1 is 0.534 bits per heavy atom. The smallest absolute Gasteiger partial charge is 0.247 e. The SMILES string of the molecule is CC(C)(C)c1ccncc1-c1ccc(-c2cc(N3CC3=O)c(-c3ccc(-c4cnccc4C(C)(C)C)cc3)cc2C2=CCC(c3cnccc3C(C)(C)C)C=C2)cc1. The maximum Gasteiger partial charge on any atom is 0.247 e. The number of aromatic nitrogens is 3. The summed E-state index contributed by atoms with van der Waals surface area (Å²) in [6.45, 7) is 20.7. The molecule has 0 saturated carbocycles. The molecule has 5 nitrogen and oxygen atoms in total. The van der Waals surface area contributed by atoms with Crippen molar-refractivity contribution in [1.82, 2.24) is 15.0 Å². The molecular weight excluding hydrogens is 709 g/mol. The molecule has 0 bridgehead atoms. The molecule has 3 aromatic carbocycles. The number of anilines is 1. The van der Waals surface area contributed by atoms with Crippen LogP contribution in [-0.4, -0.2) is 27.4 Å². The normalized spacial score (nSPS) is 15.7. The van der Waals surface area contributed by atoms with E-state index >= 15 is 0 Å². The van der Waals surface area contributed by atoms with E-state index in [1.807, 2.05) is 42.1 Å². The fourth-order valence-corrected chi connectivity index (χ4v) is 8.49. The molecule has 0 radical (unpaired) electrons. The Balaban J connectivity index is 1.25. The highest BCUT2D eigenvalue weighted by molar-refractivity contribution is 6.15. The van der Waals surface area contributed by atoms with Gasteiger partial charge in [-0.15, -0.1) is 0 Å². The number of pyridine rings is 3. The predicted molar refractivity (Wildman–Crippen MR) is 241 cm³/mol. The van der Waals surface area contributed by atoms with Crippen molar-refractivity contribution in [3.05, 3.63) is 162 Å². The van der Waals surface area contributed by atoms with Crippen LogP contribution < -0.4 is 4.90 Å². The predicted octanol–water partition coefficient (Wildman–Crippen LogP) is 12.9. The minimum Gasteiger partial charge on any atom is -0.301 e. The van der Waals surface area contributed by atoms with Crippen LogP contribution in [0, 0.1) is 0 Å². The highest BCUT2D eigenvalue weighted by atomic mass is 16.2. The van der Waals surface area contributed by atoms with Gasteiger partial charge in [0.1, 0.15) is 6.54 Å². The molecule has 1 amide bonds. The molecule has 292 valence electrons. The van der Waals surface area contributed by atoms with Crippen molar-refractivity contribution < 1.29 is 4.79 Å². The number of rotatable bonds is 7. The largest absolute Gasteiger partial charge is 0.301 e. The van der Waals surface area contributed by atoms with E-state index in [0.717, 1.165) is 62.2 Å². The van der Waals surface area contributed by atoms with Crippen LogP contribution in [0.4, 0.5) is 5.69 Å². The number of carbonyl (C=O) groups is 1. The molecule has 1 aliphatic carbocycles. The molecule has 1 atom stereocenters. The molecule has 0 spiro atoms. The maximum atomic E-state index is 12.9. The lowest BCUT2D eigenvalue weighted by atomic mass is 9.78. The van der Waals surface area contributed by atoms with E-state index in [0.29, 0.717) is 6.54 Å². The van der Waals surface area contributed by atoms with Crippen LogP contribution in [0.5, 0.6) is 0 Å². The van der Waals surface area contributed by atoms with Crippen LogP contribution in [0.1, 0.15) is 102 Å². The van der Waals surface area contributed by atoms with Gasteiger partial charge in [0.2, 0.25) is 5.91 Å². The summed E-state index contributed by atoms with van der Waals surface area (Å²) in [7, 11) is 0. The van der Waals surface area contributed by atoms with Crippen molar-refractivity contribution in [3.63, 3.8) is 0 Å². The van der Waals surface area contributed by atoms with E-state index in [4.69, 9.17) is 0 Å². The molecule has 5 heteroatoms. The minimum atomic E-state index is -0.0227. The van der Waals surface area contributed by atoms with Gasteiger partial charge in [-0.3, -0.25) is 19.7 Å². The molecule has 1 aliphatic heterocycles.